The molecule has 10 heteroatoms. The van der Waals surface area contributed by atoms with Crippen molar-refractivity contribution < 1.29 is 13.9 Å². The van der Waals surface area contributed by atoms with Crippen molar-refractivity contribution in [2.45, 2.75) is 45.8 Å². The molecule has 0 N–H and O–H groups in total. The van der Waals surface area contributed by atoms with Gasteiger partial charge in [-0.05, 0) is 46.2 Å². The first-order valence-electron chi connectivity index (χ1n) is 10.7. The van der Waals surface area contributed by atoms with Crippen molar-refractivity contribution in [1.82, 2.24) is 23.8 Å². The second-order valence-electron chi connectivity index (χ2n) is 9.34. The molecule has 1 amide bonds. The van der Waals surface area contributed by atoms with Gasteiger partial charge in [-0.3, -0.25) is 9.36 Å². The van der Waals surface area contributed by atoms with Gasteiger partial charge < -0.3 is 14.0 Å². The van der Waals surface area contributed by atoms with Crippen molar-refractivity contribution in [2.24, 2.45) is 0 Å². The minimum absolute atomic E-state index is 0.160. The molecule has 1 aliphatic heterocycles. The third-order valence-electron chi connectivity index (χ3n) is 5.58. The Balaban J connectivity index is 1.45. The van der Waals surface area contributed by atoms with Gasteiger partial charge >= 0.3 is 6.09 Å². The Kier molecular flexibility index (Phi) is 5.00. The summed E-state index contributed by atoms with van der Waals surface area (Å²) in [6.45, 7) is 8.20. The number of likely N-dealkylation sites (tertiary alicyclic amines) is 1. The highest BCUT2D eigenvalue weighted by molar-refractivity contribution is 7.22. The van der Waals surface area contributed by atoms with E-state index in [0.717, 1.165) is 10.6 Å². The van der Waals surface area contributed by atoms with Gasteiger partial charge in [0.1, 0.15) is 10.3 Å². The minimum atomic E-state index is -0.572. The van der Waals surface area contributed by atoms with E-state index >= 15 is 0 Å². The Morgan fingerprint density at radius 3 is 2.82 bits per heavy atom. The van der Waals surface area contributed by atoms with E-state index in [1.165, 1.54) is 23.7 Å². The molecule has 0 aromatic carbocycles. The Morgan fingerprint density at radius 1 is 1.27 bits per heavy atom. The van der Waals surface area contributed by atoms with Crippen molar-refractivity contribution in [2.75, 3.05) is 13.1 Å². The van der Waals surface area contributed by atoms with Crippen LogP contribution in [0.25, 0.3) is 26.3 Å². The normalized spacial score (nSPS) is 16.8. The van der Waals surface area contributed by atoms with Crippen LogP contribution < -0.4 is 5.56 Å². The van der Waals surface area contributed by atoms with Gasteiger partial charge in [0, 0.05) is 35.9 Å². The lowest BCUT2D eigenvalue weighted by atomic mass is 10.2. The lowest BCUT2D eigenvalue weighted by molar-refractivity contribution is 0.0289. The van der Waals surface area contributed by atoms with E-state index in [2.05, 4.69) is 9.97 Å². The number of carbonyl (C=O) groups is 1. The zero-order chi connectivity index (χ0) is 23.5. The number of imidazole rings is 1. The molecule has 1 saturated heterocycles. The van der Waals surface area contributed by atoms with Crippen LogP contribution in [0.3, 0.4) is 0 Å². The van der Waals surface area contributed by atoms with Gasteiger partial charge in [-0.2, -0.15) is 0 Å². The molecule has 1 atom stereocenters. The molecule has 0 spiro atoms. The van der Waals surface area contributed by atoms with E-state index in [-0.39, 0.29) is 23.3 Å². The number of carbonyl (C=O) groups excluding carboxylic acids is 1. The van der Waals surface area contributed by atoms with Gasteiger partial charge in [0.25, 0.3) is 5.56 Å². The third kappa shape index (κ3) is 3.99. The quantitative estimate of drug-likeness (QED) is 0.435. The smallest absolute Gasteiger partial charge is 0.410 e. The molecule has 5 rings (SSSR count). The Bertz CT molecular complexity index is 1450. The third-order valence-corrected chi connectivity index (χ3v) is 6.74. The lowest BCUT2D eigenvalue weighted by Gasteiger charge is -2.24. The van der Waals surface area contributed by atoms with Crippen LogP contribution in [-0.2, 0) is 4.74 Å². The number of ether oxygens (including phenoxy) is 1. The number of hydrogen-bond acceptors (Lipinski definition) is 6. The van der Waals surface area contributed by atoms with Crippen LogP contribution >= 0.6 is 11.3 Å². The zero-order valence-corrected chi connectivity index (χ0v) is 19.6. The number of aromatic nitrogens is 4. The highest BCUT2D eigenvalue weighted by Crippen LogP contribution is 2.32. The van der Waals surface area contributed by atoms with Crippen LogP contribution in [0.4, 0.5) is 9.18 Å². The number of rotatable bonds is 2. The first kappa shape index (κ1) is 21.6. The van der Waals surface area contributed by atoms with E-state index in [1.54, 1.807) is 32.3 Å². The van der Waals surface area contributed by atoms with Gasteiger partial charge in [-0.25, -0.2) is 19.2 Å². The minimum Gasteiger partial charge on any atom is -0.444 e. The summed E-state index contributed by atoms with van der Waals surface area (Å²) in [7, 11) is 0. The molecule has 0 bridgehead atoms. The van der Waals surface area contributed by atoms with Gasteiger partial charge in [-0.1, -0.05) is 0 Å². The second kappa shape index (κ2) is 7.65. The number of thiophene rings is 1. The van der Waals surface area contributed by atoms with Gasteiger partial charge in [0.15, 0.2) is 11.5 Å². The average molecular weight is 470 g/mol. The average Bonchev–Trinajstić information content (AvgIpc) is 3.44. The fourth-order valence-corrected chi connectivity index (χ4v) is 5.13. The highest BCUT2D eigenvalue weighted by Gasteiger charge is 2.31. The molecule has 1 aliphatic rings. The maximum Gasteiger partial charge on any atom is 0.410 e. The molecule has 1 fully saturated rings. The van der Waals surface area contributed by atoms with E-state index < -0.39 is 11.4 Å². The van der Waals surface area contributed by atoms with Gasteiger partial charge in [0.2, 0.25) is 0 Å². The van der Waals surface area contributed by atoms with E-state index in [4.69, 9.17) is 4.74 Å². The number of nitrogens with zero attached hydrogens (tertiary/aromatic N) is 5. The van der Waals surface area contributed by atoms with Crippen LogP contribution in [0, 0.1) is 12.7 Å². The zero-order valence-electron chi connectivity index (χ0n) is 18.8. The summed E-state index contributed by atoms with van der Waals surface area (Å²) in [6, 6.07) is 3.06. The Morgan fingerprint density at radius 2 is 2.06 bits per heavy atom. The fourth-order valence-electron chi connectivity index (χ4n) is 4.10. The van der Waals surface area contributed by atoms with Crippen LogP contribution in [0.1, 0.15) is 38.9 Å². The molecular formula is C23H24FN5O3S. The summed E-state index contributed by atoms with van der Waals surface area (Å²) >= 11 is 1.29. The van der Waals surface area contributed by atoms with Crippen LogP contribution in [0.15, 0.2) is 35.6 Å². The van der Waals surface area contributed by atoms with Crippen molar-refractivity contribution >= 4 is 33.3 Å². The topological polar surface area (TPSA) is 81.7 Å². The number of pyridine rings is 1. The predicted octanol–water partition coefficient (Wildman–Crippen LogP) is 4.40. The molecule has 8 nitrogen and oxygen atoms in total. The SMILES string of the molecule is Cc1cn2cc(-c3cc4ncn(C5CCN(C(=O)OC(C)(C)C)C5)c(=O)c4s3)cc(F)c2n1. The highest BCUT2D eigenvalue weighted by atomic mass is 32.1. The summed E-state index contributed by atoms with van der Waals surface area (Å²) < 4.78 is 23.8. The Labute approximate surface area is 193 Å². The summed E-state index contributed by atoms with van der Waals surface area (Å²) in [5, 5.41) is 0. The molecule has 172 valence electrons. The molecule has 4 aromatic rings. The standard InChI is InChI=1S/C23H24FN5O3S/c1-13-9-28-10-14(7-16(24)20(28)26-13)18-8-17-19(33-18)21(30)29(12-25-17)15-5-6-27(11-15)22(31)32-23(2,3)4/h7-10,12,15H,5-6,11H2,1-4H3. The number of amides is 1. The van der Waals surface area contributed by atoms with E-state index in [0.29, 0.717) is 35.3 Å². The predicted molar refractivity (Wildman–Crippen MR) is 124 cm³/mol. The molecule has 0 aliphatic carbocycles. The van der Waals surface area contributed by atoms with Crippen LogP contribution in [-0.4, -0.2) is 48.6 Å². The first-order chi connectivity index (χ1) is 15.6. The maximum atomic E-state index is 14.6. The monoisotopic (exact) mass is 469 g/mol. The van der Waals surface area contributed by atoms with Crippen molar-refractivity contribution in [3.05, 3.63) is 52.7 Å². The van der Waals surface area contributed by atoms with Gasteiger partial charge in [0.05, 0.1) is 23.6 Å². The molecule has 1 unspecified atom stereocenters. The summed E-state index contributed by atoms with van der Waals surface area (Å²) in [5.41, 5.74) is 1.49. The number of aryl methyl sites for hydroxylation is 1. The number of halogens is 1. The molecule has 33 heavy (non-hydrogen) atoms. The lowest BCUT2D eigenvalue weighted by Crippen LogP contribution is -2.36. The fraction of sp³-hybridized carbons (Fsp3) is 0.391. The largest absolute Gasteiger partial charge is 0.444 e. The second-order valence-corrected chi connectivity index (χ2v) is 10.4. The first-order valence-corrected chi connectivity index (χ1v) is 11.5. The van der Waals surface area contributed by atoms with Crippen molar-refractivity contribution in [3.8, 4) is 10.4 Å². The van der Waals surface area contributed by atoms with Crippen LogP contribution in [0.5, 0.6) is 0 Å². The maximum absolute atomic E-state index is 14.6. The van der Waals surface area contributed by atoms with E-state index in [1.807, 2.05) is 27.7 Å². The van der Waals surface area contributed by atoms with E-state index in [9.17, 15) is 14.0 Å². The molecule has 0 radical (unpaired) electrons. The number of fused-ring (bicyclic) bond motifs is 2. The van der Waals surface area contributed by atoms with Crippen LogP contribution in [0.2, 0.25) is 0 Å². The van der Waals surface area contributed by atoms with Gasteiger partial charge in [-0.15, -0.1) is 11.3 Å². The number of hydrogen-bond donors (Lipinski definition) is 0. The van der Waals surface area contributed by atoms with Crippen molar-refractivity contribution in [3.63, 3.8) is 0 Å². The summed E-state index contributed by atoms with van der Waals surface area (Å²) in [6.07, 6.45) is 5.37. The Hall–Kier alpha value is -3.27. The molecule has 0 saturated carbocycles. The van der Waals surface area contributed by atoms with Crippen molar-refractivity contribution in [1.29, 1.82) is 0 Å². The summed E-state index contributed by atoms with van der Waals surface area (Å²) in [4.78, 5) is 36.7. The molecule has 4 aromatic heterocycles. The molecular weight excluding hydrogens is 445 g/mol. The summed E-state index contributed by atoms with van der Waals surface area (Å²) in [5.74, 6) is -0.420. The molecule has 5 heterocycles.